The smallest absolute Gasteiger partial charge is 0.336 e. The second kappa shape index (κ2) is 12.6. The quantitative estimate of drug-likeness (QED) is 0.313. The van der Waals surface area contributed by atoms with E-state index in [9.17, 15) is 9.90 Å². The van der Waals surface area contributed by atoms with E-state index in [-0.39, 0.29) is 17.6 Å². The SMILES string of the molecule is C=C(c1c(C)cccc1C(=O)O)C1C=CCC(=[N+](CC)CC)C=C1OC1C=C(N(CC)CC)C=CC1. The van der Waals surface area contributed by atoms with Crippen molar-refractivity contribution in [1.82, 2.24) is 4.90 Å². The molecule has 5 nitrogen and oxygen atoms in total. The number of rotatable bonds is 10. The lowest BCUT2D eigenvalue weighted by molar-refractivity contribution is -0.520. The standard InChI is InChI=1S/C31H40N2O3/c1-7-32(8-2)24-15-12-17-26(20-24)36-29-21-25(33(9-3)10-4)16-13-18-27(29)23(6)30-22(5)14-11-19-28(30)31(34)35/h11-15,18-21,26-27H,6-10,16-17H2,1-5H3/p+1. The van der Waals surface area contributed by atoms with Gasteiger partial charge in [0.25, 0.3) is 0 Å². The molecule has 2 aliphatic rings. The summed E-state index contributed by atoms with van der Waals surface area (Å²) in [5.74, 6) is -0.391. The van der Waals surface area contributed by atoms with Gasteiger partial charge in [0.2, 0.25) is 0 Å². The Bertz CT molecular complexity index is 1130. The monoisotopic (exact) mass is 489 g/mol. The largest absolute Gasteiger partial charge is 0.489 e. The maximum Gasteiger partial charge on any atom is 0.336 e. The van der Waals surface area contributed by atoms with Crippen LogP contribution in [0.4, 0.5) is 0 Å². The second-order valence-electron chi connectivity index (χ2n) is 9.21. The highest BCUT2D eigenvalue weighted by atomic mass is 16.5. The Hall–Kier alpha value is -3.34. The maximum atomic E-state index is 12.1. The first kappa shape index (κ1) is 27.3. The summed E-state index contributed by atoms with van der Waals surface area (Å²) in [5.41, 5.74) is 4.97. The molecule has 36 heavy (non-hydrogen) atoms. The predicted octanol–water partition coefficient (Wildman–Crippen LogP) is 6.23. The van der Waals surface area contributed by atoms with Gasteiger partial charge < -0.3 is 14.7 Å². The van der Waals surface area contributed by atoms with Gasteiger partial charge in [-0.3, -0.25) is 0 Å². The van der Waals surface area contributed by atoms with Crippen molar-refractivity contribution in [1.29, 1.82) is 0 Å². The number of likely N-dealkylation sites (N-methyl/N-ethyl adjacent to an activating group) is 1. The molecule has 0 heterocycles. The summed E-state index contributed by atoms with van der Waals surface area (Å²) in [6.07, 6.45) is 14.5. The molecule has 0 bridgehead atoms. The molecule has 0 aliphatic heterocycles. The molecule has 0 aromatic heterocycles. The first-order chi connectivity index (χ1) is 17.3. The Kier molecular flexibility index (Phi) is 9.51. The molecule has 1 N–H and O–H groups in total. The van der Waals surface area contributed by atoms with Crippen LogP contribution >= 0.6 is 0 Å². The molecule has 0 spiro atoms. The molecule has 1 aromatic carbocycles. The van der Waals surface area contributed by atoms with E-state index < -0.39 is 5.97 Å². The van der Waals surface area contributed by atoms with Crippen molar-refractivity contribution in [3.05, 3.63) is 89.4 Å². The van der Waals surface area contributed by atoms with Gasteiger partial charge in [0.15, 0.2) is 5.71 Å². The molecular formula is C31H41N2O3+. The summed E-state index contributed by atoms with van der Waals surface area (Å²) in [6, 6.07) is 5.38. The number of benzene rings is 1. The van der Waals surface area contributed by atoms with Crippen LogP contribution in [-0.2, 0) is 4.74 Å². The van der Waals surface area contributed by atoms with Crippen LogP contribution in [0.25, 0.3) is 5.57 Å². The number of carboxylic acids is 1. The van der Waals surface area contributed by atoms with Gasteiger partial charge in [0.1, 0.15) is 25.0 Å². The normalized spacial score (nSPS) is 19.3. The van der Waals surface area contributed by atoms with Gasteiger partial charge >= 0.3 is 5.97 Å². The number of ether oxygens (including phenoxy) is 1. The molecule has 2 aliphatic carbocycles. The predicted molar refractivity (Wildman–Crippen MR) is 148 cm³/mol. The average molecular weight is 490 g/mol. The van der Waals surface area contributed by atoms with Crippen LogP contribution in [0.1, 0.15) is 62.0 Å². The van der Waals surface area contributed by atoms with Gasteiger partial charge in [-0.1, -0.05) is 36.9 Å². The summed E-state index contributed by atoms with van der Waals surface area (Å²) < 4.78 is 9.09. The zero-order valence-corrected chi connectivity index (χ0v) is 22.5. The van der Waals surface area contributed by atoms with Gasteiger partial charge in [0.05, 0.1) is 17.9 Å². The summed E-state index contributed by atoms with van der Waals surface area (Å²) in [7, 11) is 0. The number of carboxylic acid groups (broad SMARTS) is 1. The Morgan fingerprint density at radius 1 is 1.17 bits per heavy atom. The van der Waals surface area contributed by atoms with Gasteiger partial charge in [0, 0.05) is 31.3 Å². The third-order valence-electron chi connectivity index (χ3n) is 7.07. The molecular weight excluding hydrogens is 448 g/mol. The van der Waals surface area contributed by atoms with Crippen LogP contribution in [0.5, 0.6) is 0 Å². The van der Waals surface area contributed by atoms with E-state index in [4.69, 9.17) is 4.74 Å². The summed E-state index contributed by atoms with van der Waals surface area (Å²) in [5, 5.41) is 9.89. The molecule has 0 fully saturated rings. The molecule has 0 radical (unpaired) electrons. The number of nitrogens with zero attached hydrogens (tertiary/aromatic N) is 2. The lowest BCUT2D eigenvalue weighted by Gasteiger charge is -2.29. The van der Waals surface area contributed by atoms with Crippen molar-refractivity contribution in [3.8, 4) is 0 Å². The molecule has 192 valence electrons. The second-order valence-corrected chi connectivity index (χ2v) is 9.21. The fourth-order valence-corrected chi connectivity index (χ4v) is 5.10. The highest BCUT2D eigenvalue weighted by Gasteiger charge is 2.28. The van der Waals surface area contributed by atoms with Gasteiger partial charge in [-0.15, -0.1) is 0 Å². The fourth-order valence-electron chi connectivity index (χ4n) is 5.10. The fraction of sp³-hybridized carbons (Fsp3) is 0.419. The minimum Gasteiger partial charge on any atom is -0.489 e. The number of aryl methyl sites for hydroxylation is 1. The first-order valence-corrected chi connectivity index (χ1v) is 13.1. The lowest BCUT2D eigenvalue weighted by Crippen LogP contribution is -2.26. The molecule has 5 heteroatoms. The average Bonchev–Trinajstić information content (AvgIpc) is 3.07. The summed E-state index contributed by atoms with van der Waals surface area (Å²) in [4.78, 5) is 14.4. The Labute approximate surface area is 216 Å². The molecule has 1 aromatic rings. The molecule has 0 saturated carbocycles. The molecule has 3 rings (SSSR count). The van der Waals surface area contributed by atoms with Crippen molar-refractivity contribution in [2.75, 3.05) is 26.2 Å². The van der Waals surface area contributed by atoms with Gasteiger partial charge in [-0.2, -0.15) is 0 Å². The minimum atomic E-state index is -0.946. The maximum absolute atomic E-state index is 12.1. The number of aromatic carboxylic acids is 1. The highest BCUT2D eigenvalue weighted by molar-refractivity contribution is 5.97. The topological polar surface area (TPSA) is 52.8 Å². The van der Waals surface area contributed by atoms with E-state index in [2.05, 4.69) is 80.2 Å². The van der Waals surface area contributed by atoms with Crippen molar-refractivity contribution >= 4 is 17.3 Å². The van der Waals surface area contributed by atoms with Crippen molar-refractivity contribution in [3.63, 3.8) is 0 Å². The molecule has 2 atom stereocenters. The van der Waals surface area contributed by atoms with Crippen LogP contribution in [0.15, 0.2) is 72.7 Å². The van der Waals surface area contributed by atoms with Crippen LogP contribution in [0, 0.1) is 12.8 Å². The Morgan fingerprint density at radius 2 is 1.89 bits per heavy atom. The number of hydrogen-bond donors (Lipinski definition) is 1. The lowest BCUT2D eigenvalue weighted by atomic mass is 9.86. The summed E-state index contributed by atoms with van der Waals surface area (Å²) in [6.45, 7) is 18.7. The van der Waals surface area contributed by atoms with Gasteiger partial charge in [-0.25, -0.2) is 9.37 Å². The Morgan fingerprint density at radius 3 is 2.53 bits per heavy atom. The highest BCUT2D eigenvalue weighted by Crippen LogP contribution is 2.36. The van der Waals surface area contributed by atoms with Crippen LogP contribution in [-0.4, -0.2) is 58.5 Å². The first-order valence-electron chi connectivity index (χ1n) is 13.1. The van der Waals surface area contributed by atoms with E-state index in [1.807, 2.05) is 13.0 Å². The van der Waals surface area contributed by atoms with Crippen molar-refractivity contribution in [2.45, 2.75) is 53.6 Å². The van der Waals surface area contributed by atoms with Crippen LogP contribution in [0.2, 0.25) is 0 Å². The van der Waals surface area contributed by atoms with E-state index in [1.54, 1.807) is 12.1 Å². The third-order valence-corrected chi connectivity index (χ3v) is 7.07. The number of hydrogen-bond acceptors (Lipinski definition) is 3. The zero-order chi connectivity index (χ0) is 26.2. The Balaban J connectivity index is 2.08. The molecule has 0 saturated heterocycles. The summed E-state index contributed by atoms with van der Waals surface area (Å²) >= 11 is 0. The van der Waals surface area contributed by atoms with Crippen LogP contribution < -0.4 is 0 Å². The molecule has 2 unspecified atom stereocenters. The van der Waals surface area contributed by atoms with E-state index in [0.29, 0.717) is 5.56 Å². The number of allylic oxidation sites excluding steroid dienone is 4. The van der Waals surface area contributed by atoms with E-state index >= 15 is 0 Å². The van der Waals surface area contributed by atoms with Crippen molar-refractivity contribution in [2.24, 2.45) is 5.92 Å². The molecule has 0 amide bonds. The zero-order valence-electron chi connectivity index (χ0n) is 22.5. The van der Waals surface area contributed by atoms with Crippen LogP contribution in [0.3, 0.4) is 0 Å². The van der Waals surface area contributed by atoms with Crippen molar-refractivity contribution < 1.29 is 19.2 Å². The van der Waals surface area contributed by atoms with E-state index in [1.165, 1.54) is 11.4 Å². The number of carbonyl (C=O) groups is 1. The van der Waals surface area contributed by atoms with Gasteiger partial charge in [-0.05, 0) is 69.5 Å². The van der Waals surface area contributed by atoms with E-state index in [0.717, 1.165) is 55.9 Å². The third kappa shape index (κ3) is 6.07. The minimum absolute atomic E-state index is 0.104.